The Morgan fingerprint density at radius 3 is 2.80 bits per heavy atom. The first-order valence-electron chi connectivity index (χ1n) is 4.80. The lowest BCUT2D eigenvalue weighted by Crippen LogP contribution is -2.01. The zero-order valence-electron chi connectivity index (χ0n) is 8.26. The standard InChI is InChI=1S/C11H12Cl2N2/c12-9-4-5-10(13)11(8-9)15-7-3-1-2-6-14/h4-5,8,15H,1-3,7H2. The minimum absolute atomic E-state index is 0.602. The van der Waals surface area contributed by atoms with Gasteiger partial charge in [0, 0.05) is 18.0 Å². The van der Waals surface area contributed by atoms with Crippen LogP contribution in [0.1, 0.15) is 19.3 Å². The van der Waals surface area contributed by atoms with Gasteiger partial charge in [-0.25, -0.2) is 0 Å². The summed E-state index contributed by atoms with van der Waals surface area (Å²) in [6.45, 7) is 0.807. The van der Waals surface area contributed by atoms with E-state index < -0.39 is 0 Å². The van der Waals surface area contributed by atoms with Crippen LogP contribution in [-0.2, 0) is 0 Å². The Bertz CT molecular complexity index is 358. The van der Waals surface area contributed by atoms with Crippen molar-refractivity contribution in [3.8, 4) is 6.07 Å². The summed E-state index contributed by atoms with van der Waals surface area (Å²) in [6, 6.07) is 7.43. The topological polar surface area (TPSA) is 35.8 Å². The lowest BCUT2D eigenvalue weighted by atomic mass is 10.2. The SMILES string of the molecule is N#CCCCCNc1cc(Cl)ccc1Cl. The van der Waals surface area contributed by atoms with Gasteiger partial charge in [-0.1, -0.05) is 23.2 Å². The van der Waals surface area contributed by atoms with Gasteiger partial charge in [0.15, 0.2) is 0 Å². The third-order valence-electron chi connectivity index (χ3n) is 1.96. The molecule has 0 aliphatic carbocycles. The van der Waals surface area contributed by atoms with Crippen LogP contribution < -0.4 is 5.32 Å². The molecule has 1 rings (SSSR count). The summed E-state index contributed by atoms with van der Waals surface area (Å²) in [4.78, 5) is 0. The van der Waals surface area contributed by atoms with Crippen molar-refractivity contribution in [3.05, 3.63) is 28.2 Å². The fourth-order valence-corrected chi connectivity index (χ4v) is 1.54. The number of nitrogens with zero attached hydrogens (tertiary/aromatic N) is 1. The van der Waals surface area contributed by atoms with Crippen molar-refractivity contribution in [3.63, 3.8) is 0 Å². The van der Waals surface area contributed by atoms with E-state index in [4.69, 9.17) is 28.5 Å². The molecule has 0 aliphatic heterocycles. The highest BCUT2D eigenvalue weighted by Crippen LogP contribution is 2.25. The molecule has 0 bridgehead atoms. The van der Waals surface area contributed by atoms with Crippen LogP contribution in [0.5, 0.6) is 0 Å². The van der Waals surface area contributed by atoms with Crippen LogP contribution in [0, 0.1) is 11.3 Å². The third-order valence-corrected chi connectivity index (χ3v) is 2.52. The van der Waals surface area contributed by atoms with Crippen molar-refractivity contribution in [2.75, 3.05) is 11.9 Å². The molecular formula is C11H12Cl2N2. The molecule has 1 aromatic rings. The predicted molar refractivity (Wildman–Crippen MR) is 64.4 cm³/mol. The molecule has 0 unspecified atom stereocenters. The molecule has 0 fully saturated rings. The first-order valence-corrected chi connectivity index (χ1v) is 5.55. The van der Waals surface area contributed by atoms with Gasteiger partial charge in [0.05, 0.1) is 16.8 Å². The molecule has 0 radical (unpaired) electrons. The molecule has 0 amide bonds. The average Bonchev–Trinajstić information content (AvgIpc) is 2.23. The molecule has 0 spiro atoms. The number of nitrogens with one attached hydrogen (secondary N) is 1. The highest BCUT2D eigenvalue weighted by atomic mass is 35.5. The van der Waals surface area contributed by atoms with Gasteiger partial charge < -0.3 is 5.32 Å². The van der Waals surface area contributed by atoms with Crippen LogP contribution in [0.2, 0.25) is 10.0 Å². The van der Waals surface area contributed by atoms with Crippen LogP contribution in [0.4, 0.5) is 5.69 Å². The van der Waals surface area contributed by atoms with Crippen LogP contribution in [0.25, 0.3) is 0 Å². The largest absolute Gasteiger partial charge is 0.384 e. The van der Waals surface area contributed by atoms with Crippen molar-refractivity contribution >= 4 is 28.9 Å². The Morgan fingerprint density at radius 2 is 2.07 bits per heavy atom. The number of nitriles is 1. The van der Waals surface area contributed by atoms with E-state index >= 15 is 0 Å². The van der Waals surface area contributed by atoms with E-state index in [1.54, 1.807) is 18.2 Å². The number of benzene rings is 1. The lowest BCUT2D eigenvalue weighted by molar-refractivity contribution is 0.785. The van der Waals surface area contributed by atoms with Crippen molar-refractivity contribution in [1.82, 2.24) is 0 Å². The van der Waals surface area contributed by atoms with E-state index in [0.717, 1.165) is 25.1 Å². The van der Waals surface area contributed by atoms with E-state index in [2.05, 4.69) is 11.4 Å². The highest BCUT2D eigenvalue weighted by molar-refractivity contribution is 6.35. The molecule has 1 N–H and O–H groups in total. The zero-order chi connectivity index (χ0) is 11.1. The fraction of sp³-hybridized carbons (Fsp3) is 0.364. The van der Waals surface area contributed by atoms with Gasteiger partial charge in [0.2, 0.25) is 0 Å². The summed E-state index contributed by atoms with van der Waals surface area (Å²) in [5.41, 5.74) is 0.848. The number of unbranched alkanes of at least 4 members (excludes halogenated alkanes) is 2. The number of hydrogen-bond donors (Lipinski definition) is 1. The van der Waals surface area contributed by atoms with Crippen molar-refractivity contribution in [2.24, 2.45) is 0 Å². The number of rotatable bonds is 5. The average molecular weight is 243 g/mol. The normalized spacial score (nSPS) is 9.67. The van der Waals surface area contributed by atoms with Crippen LogP contribution in [-0.4, -0.2) is 6.54 Å². The monoisotopic (exact) mass is 242 g/mol. The van der Waals surface area contributed by atoms with Gasteiger partial charge in [0.1, 0.15) is 0 Å². The van der Waals surface area contributed by atoms with Crippen LogP contribution >= 0.6 is 23.2 Å². The van der Waals surface area contributed by atoms with Crippen LogP contribution in [0.3, 0.4) is 0 Å². The van der Waals surface area contributed by atoms with Gasteiger partial charge in [0.25, 0.3) is 0 Å². The maximum Gasteiger partial charge on any atom is 0.0638 e. The summed E-state index contributed by atoms with van der Waals surface area (Å²) in [7, 11) is 0. The van der Waals surface area contributed by atoms with E-state index in [1.807, 2.05) is 0 Å². The van der Waals surface area contributed by atoms with Crippen molar-refractivity contribution in [2.45, 2.75) is 19.3 Å². The second-order valence-electron chi connectivity index (χ2n) is 3.17. The second-order valence-corrected chi connectivity index (χ2v) is 4.01. The second kappa shape index (κ2) is 6.55. The zero-order valence-corrected chi connectivity index (χ0v) is 9.78. The number of anilines is 1. The maximum absolute atomic E-state index is 8.35. The van der Waals surface area contributed by atoms with E-state index in [0.29, 0.717) is 16.5 Å². The predicted octanol–water partition coefficient (Wildman–Crippen LogP) is 4.10. The Kier molecular flexibility index (Phi) is 5.31. The summed E-state index contributed by atoms with van der Waals surface area (Å²) >= 11 is 11.8. The smallest absolute Gasteiger partial charge is 0.0638 e. The first-order chi connectivity index (χ1) is 7.24. The molecule has 0 saturated heterocycles. The van der Waals surface area contributed by atoms with E-state index in [-0.39, 0.29) is 0 Å². The van der Waals surface area contributed by atoms with Gasteiger partial charge in [-0.05, 0) is 31.0 Å². The molecule has 1 aromatic carbocycles. The molecule has 0 saturated carbocycles. The fourth-order valence-electron chi connectivity index (χ4n) is 1.19. The van der Waals surface area contributed by atoms with Gasteiger partial charge in [-0.2, -0.15) is 5.26 Å². The van der Waals surface area contributed by atoms with Crippen molar-refractivity contribution in [1.29, 1.82) is 5.26 Å². The Morgan fingerprint density at radius 1 is 1.27 bits per heavy atom. The molecule has 0 heterocycles. The molecule has 4 heteroatoms. The minimum Gasteiger partial charge on any atom is -0.384 e. The minimum atomic E-state index is 0.602. The van der Waals surface area contributed by atoms with E-state index in [1.165, 1.54) is 0 Å². The third kappa shape index (κ3) is 4.42. The quantitative estimate of drug-likeness (QED) is 0.790. The van der Waals surface area contributed by atoms with Gasteiger partial charge >= 0.3 is 0 Å². The Balaban J connectivity index is 2.37. The Labute approximate surface area is 99.8 Å². The van der Waals surface area contributed by atoms with Crippen LogP contribution in [0.15, 0.2) is 18.2 Å². The number of hydrogen-bond acceptors (Lipinski definition) is 2. The molecule has 80 valence electrons. The Hall–Kier alpha value is -0.910. The molecule has 15 heavy (non-hydrogen) atoms. The maximum atomic E-state index is 8.35. The van der Waals surface area contributed by atoms with Gasteiger partial charge in [-0.3, -0.25) is 0 Å². The summed E-state index contributed by atoms with van der Waals surface area (Å²) < 4.78 is 0. The van der Waals surface area contributed by atoms with E-state index in [9.17, 15) is 0 Å². The first kappa shape index (κ1) is 12.2. The molecule has 0 aliphatic rings. The molecule has 0 aromatic heterocycles. The molecule has 0 atom stereocenters. The summed E-state index contributed by atoms with van der Waals surface area (Å²) in [5.74, 6) is 0. The summed E-state index contributed by atoms with van der Waals surface area (Å²) in [5, 5.41) is 12.9. The molecular weight excluding hydrogens is 231 g/mol. The molecule has 2 nitrogen and oxygen atoms in total. The summed E-state index contributed by atoms with van der Waals surface area (Å²) in [6.07, 6.45) is 2.46. The van der Waals surface area contributed by atoms with Crippen molar-refractivity contribution < 1.29 is 0 Å². The number of halogens is 2. The lowest BCUT2D eigenvalue weighted by Gasteiger charge is -2.07. The van der Waals surface area contributed by atoms with Gasteiger partial charge in [-0.15, -0.1) is 0 Å². The highest BCUT2D eigenvalue weighted by Gasteiger charge is 1.99.